The lowest BCUT2D eigenvalue weighted by molar-refractivity contribution is 0.102. The average Bonchev–Trinajstić information content (AvgIpc) is 2.67. The van der Waals surface area contributed by atoms with Crippen LogP contribution in [-0.4, -0.2) is 5.91 Å². The predicted octanol–water partition coefficient (Wildman–Crippen LogP) is 6.56. The molecule has 3 rings (SSSR count). The van der Waals surface area contributed by atoms with E-state index in [1.165, 1.54) is 24.3 Å². The first kappa shape index (κ1) is 19.4. The second-order valence-corrected chi connectivity index (χ2v) is 7.07. The molecule has 0 aliphatic rings. The van der Waals surface area contributed by atoms with E-state index in [1.54, 1.807) is 12.1 Å². The SMILES string of the molecule is O=C(Nc1ccc(F)cc1)c1ccc(CCCc2ccc(Cl)c(Cl)c2)cc1. The quantitative estimate of drug-likeness (QED) is 0.497. The maximum Gasteiger partial charge on any atom is 0.255 e. The summed E-state index contributed by atoms with van der Waals surface area (Å²) in [6.07, 6.45) is 2.78. The molecule has 3 aromatic carbocycles. The number of benzene rings is 3. The Kier molecular flexibility index (Phi) is 6.49. The van der Waals surface area contributed by atoms with Crippen molar-refractivity contribution in [2.75, 3.05) is 5.32 Å². The first-order valence-electron chi connectivity index (χ1n) is 8.61. The number of hydrogen-bond donors (Lipinski definition) is 1. The number of rotatable bonds is 6. The Morgan fingerprint density at radius 2 is 1.44 bits per heavy atom. The fourth-order valence-electron chi connectivity index (χ4n) is 2.75. The number of halogens is 3. The van der Waals surface area contributed by atoms with E-state index >= 15 is 0 Å². The van der Waals surface area contributed by atoms with Crippen molar-refractivity contribution in [3.05, 3.63) is 99.3 Å². The molecule has 0 aliphatic heterocycles. The van der Waals surface area contributed by atoms with Crippen molar-refractivity contribution >= 4 is 34.8 Å². The molecule has 138 valence electrons. The molecular formula is C22H18Cl2FNO. The zero-order valence-electron chi connectivity index (χ0n) is 14.5. The number of hydrogen-bond acceptors (Lipinski definition) is 1. The molecule has 3 aromatic rings. The lowest BCUT2D eigenvalue weighted by Crippen LogP contribution is -2.11. The molecule has 0 heterocycles. The van der Waals surface area contributed by atoms with Crippen LogP contribution < -0.4 is 5.32 Å². The topological polar surface area (TPSA) is 29.1 Å². The van der Waals surface area contributed by atoms with Gasteiger partial charge in [-0.15, -0.1) is 0 Å². The molecule has 5 heteroatoms. The monoisotopic (exact) mass is 401 g/mol. The fourth-order valence-corrected chi connectivity index (χ4v) is 3.07. The van der Waals surface area contributed by atoms with Crippen molar-refractivity contribution in [1.82, 2.24) is 0 Å². The first-order valence-corrected chi connectivity index (χ1v) is 9.36. The minimum Gasteiger partial charge on any atom is -0.322 e. The van der Waals surface area contributed by atoms with Gasteiger partial charge in [0.2, 0.25) is 0 Å². The highest BCUT2D eigenvalue weighted by molar-refractivity contribution is 6.42. The summed E-state index contributed by atoms with van der Waals surface area (Å²) in [5, 5.41) is 3.89. The summed E-state index contributed by atoms with van der Waals surface area (Å²) < 4.78 is 12.9. The molecule has 0 aliphatic carbocycles. The molecule has 1 amide bonds. The second kappa shape index (κ2) is 9.03. The molecule has 0 unspecified atom stereocenters. The Morgan fingerprint density at radius 1 is 0.815 bits per heavy atom. The minimum absolute atomic E-state index is 0.219. The molecule has 0 saturated carbocycles. The number of aryl methyl sites for hydroxylation is 2. The van der Waals surface area contributed by atoms with Crippen LogP contribution in [0.5, 0.6) is 0 Å². The van der Waals surface area contributed by atoms with Crippen molar-refractivity contribution in [2.45, 2.75) is 19.3 Å². The van der Waals surface area contributed by atoms with Crippen molar-refractivity contribution in [3.63, 3.8) is 0 Å². The van der Waals surface area contributed by atoms with Gasteiger partial charge < -0.3 is 5.32 Å². The molecule has 0 saturated heterocycles. The van der Waals surface area contributed by atoms with Crippen molar-refractivity contribution in [1.29, 1.82) is 0 Å². The Hall–Kier alpha value is -2.36. The number of amides is 1. The van der Waals surface area contributed by atoms with Gasteiger partial charge in [-0.05, 0) is 78.9 Å². The van der Waals surface area contributed by atoms with Gasteiger partial charge in [-0.2, -0.15) is 0 Å². The summed E-state index contributed by atoms with van der Waals surface area (Å²) in [5.41, 5.74) is 3.44. The Balaban J connectivity index is 1.52. The van der Waals surface area contributed by atoms with Gasteiger partial charge in [0.05, 0.1) is 10.0 Å². The lowest BCUT2D eigenvalue weighted by atomic mass is 10.0. The minimum atomic E-state index is -0.335. The second-order valence-electron chi connectivity index (χ2n) is 6.26. The molecule has 2 nitrogen and oxygen atoms in total. The zero-order chi connectivity index (χ0) is 19.2. The van der Waals surface area contributed by atoms with Crippen molar-refractivity contribution < 1.29 is 9.18 Å². The van der Waals surface area contributed by atoms with E-state index in [0.29, 0.717) is 21.3 Å². The molecule has 0 fully saturated rings. The van der Waals surface area contributed by atoms with E-state index in [-0.39, 0.29) is 11.7 Å². The van der Waals surface area contributed by atoms with Gasteiger partial charge in [0.1, 0.15) is 5.82 Å². The van der Waals surface area contributed by atoms with Gasteiger partial charge in [0.25, 0.3) is 5.91 Å². The van der Waals surface area contributed by atoms with Crippen LogP contribution in [0.3, 0.4) is 0 Å². The van der Waals surface area contributed by atoms with Crippen LogP contribution in [0, 0.1) is 5.82 Å². The number of nitrogens with one attached hydrogen (secondary N) is 1. The summed E-state index contributed by atoms with van der Waals surface area (Å²) >= 11 is 12.0. The van der Waals surface area contributed by atoms with Crippen molar-refractivity contribution in [2.24, 2.45) is 0 Å². The highest BCUT2D eigenvalue weighted by atomic mass is 35.5. The summed E-state index contributed by atoms with van der Waals surface area (Å²) in [6, 6.07) is 18.9. The third-order valence-electron chi connectivity index (χ3n) is 4.23. The molecule has 27 heavy (non-hydrogen) atoms. The van der Waals surface area contributed by atoms with Crippen LogP contribution in [0.15, 0.2) is 66.7 Å². The first-order chi connectivity index (χ1) is 13.0. The summed E-state index contributed by atoms with van der Waals surface area (Å²) in [7, 11) is 0. The van der Waals surface area contributed by atoms with Crippen LogP contribution in [0.1, 0.15) is 27.9 Å². The van der Waals surface area contributed by atoms with Crippen molar-refractivity contribution in [3.8, 4) is 0 Å². The highest BCUT2D eigenvalue weighted by Crippen LogP contribution is 2.23. The zero-order valence-corrected chi connectivity index (χ0v) is 16.0. The maximum atomic E-state index is 12.9. The Labute approximate surface area is 167 Å². The molecular weight excluding hydrogens is 384 g/mol. The smallest absolute Gasteiger partial charge is 0.255 e. The van der Waals surface area contributed by atoms with Gasteiger partial charge in [0, 0.05) is 11.3 Å². The van der Waals surface area contributed by atoms with E-state index in [1.807, 2.05) is 30.3 Å². The van der Waals surface area contributed by atoms with Crippen LogP contribution in [0.25, 0.3) is 0 Å². The average molecular weight is 402 g/mol. The van der Waals surface area contributed by atoms with E-state index in [4.69, 9.17) is 23.2 Å². The van der Waals surface area contributed by atoms with Crippen LogP contribution in [0.4, 0.5) is 10.1 Å². The maximum absolute atomic E-state index is 12.9. The fraction of sp³-hybridized carbons (Fsp3) is 0.136. The molecule has 0 radical (unpaired) electrons. The van der Waals surface area contributed by atoms with E-state index < -0.39 is 0 Å². The largest absolute Gasteiger partial charge is 0.322 e. The number of anilines is 1. The van der Waals surface area contributed by atoms with Gasteiger partial charge in [0.15, 0.2) is 0 Å². The third-order valence-corrected chi connectivity index (χ3v) is 4.97. The van der Waals surface area contributed by atoms with E-state index in [2.05, 4.69) is 5.32 Å². The molecule has 0 bridgehead atoms. The summed E-state index contributed by atoms with van der Waals surface area (Å²) in [5.74, 6) is -0.554. The lowest BCUT2D eigenvalue weighted by Gasteiger charge is -2.07. The highest BCUT2D eigenvalue weighted by Gasteiger charge is 2.06. The van der Waals surface area contributed by atoms with E-state index in [0.717, 1.165) is 30.4 Å². The van der Waals surface area contributed by atoms with Gasteiger partial charge in [-0.1, -0.05) is 41.4 Å². The number of carbonyl (C=O) groups excluding carboxylic acids is 1. The Morgan fingerprint density at radius 3 is 2.11 bits per heavy atom. The third kappa shape index (κ3) is 5.56. The summed E-state index contributed by atoms with van der Waals surface area (Å²) in [6.45, 7) is 0. The molecule has 1 N–H and O–H groups in total. The Bertz CT molecular complexity index is 924. The van der Waals surface area contributed by atoms with Gasteiger partial charge >= 0.3 is 0 Å². The number of carbonyl (C=O) groups is 1. The van der Waals surface area contributed by atoms with Gasteiger partial charge in [-0.3, -0.25) is 4.79 Å². The molecule has 0 aromatic heterocycles. The normalized spacial score (nSPS) is 10.6. The van der Waals surface area contributed by atoms with E-state index in [9.17, 15) is 9.18 Å². The predicted molar refractivity (Wildman–Crippen MR) is 109 cm³/mol. The molecule has 0 spiro atoms. The standard InChI is InChI=1S/C22H18Cl2FNO/c23-20-13-6-16(14-21(20)24)3-1-2-15-4-7-17(8-5-15)22(27)26-19-11-9-18(25)10-12-19/h4-14H,1-3H2,(H,26,27). The van der Waals surface area contributed by atoms with Crippen LogP contribution in [-0.2, 0) is 12.8 Å². The summed E-state index contributed by atoms with van der Waals surface area (Å²) in [4.78, 5) is 12.2. The molecule has 0 atom stereocenters. The van der Waals surface area contributed by atoms with Crippen LogP contribution >= 0.6 is 23.2 Å². The van der Waals surface area contributed by atoms with Gasteiger partial charge in [-0.25, -0.2) is 4.39 Å². The van der Waals surface area contributed by atoms with Crippen LogP contribution in [0.2, 0.25) is 10.0 Å².